The summed E-state index contributed by atoms with van der Waals surface area (Å²) in [6, 6.07) is 17.2. The van der Waals surface area contributed by atoms with E-state index in [2.05, 4.69) is 109 Å². The predicted molar refractivity (Wildman–Crippen MR) is 213 cm³/mol. The predicted octanol–water partition coefficient (Wildman–Crippen LogP) is 8.66. The Morgan fingerprint density at radius 1 is 1.02 bits per heavy atom. The highest BCUT2D eigenvalue weighted by Gasteiger charge is 2.22. The fourth-order valence-electron chi connectivity index (χ4n) is 7.26. The van der Waals surface area contributed by atoms with Crippen molar-refractivity contribution < 1.29 is 4.74 Å². The van der Waals surface area contributed by atoms with E-state index in [9.17, 15) is 0 Å². The van der Waals surface area contributed by atoms with E-state index in [1.165, 1.54) is 17.7 Å². The monoisotopic (exact) mass is 699 g/mol. The van der Waals surface area contributed by atoms with Crippen LogP contribution in [0.4, 0.5) is 17.6 Å². The molecule has 0 saturated heterocycles. The first kappa shape index (κ1) is 35.6. The minimum Gasteiger partial charge on any atom is -0.381 e. The summed E-state index contributed by atoms with van der Waals surface area (Å²) in [4.78, 5) is 17.0. The van der Waals surface area contributed by atoms with E-state index in [4.69, 9.17) is 24.8 Å². The van der Waals surface area contributed by atoms with Gasteiger partial charge in [0.05, 0.1) is 18.0 Å². The average Bonchev–Trinajstić information content (AvgIpc) is 3.57. The molecular formula is C42H53N9O. The lowest BCUT2D eigenvalue weighted by Gasteiger charge is -2.27. The topological polar surface area (TPSA) is 105 Å². The smallest absolute Gasteiger partial charge is 0.229 e. The second kappa shape index (κ2) is 16.3. The summed E-state index contributed by atoms with van der Waals surface area (Å²) in [6.07, 6.45) is 16.8. The third kappa shape index (κ3) is 8.13. The maximum absolute atomic E-state index is 5.59. The molecule has 2 aliphatic rings. The number of fused-ring (bicyclic) bond motifs is 2. The molecule has 10 nitrogen and oxygen atoms in total. The van der Waals surface area contributed by atoms with Gasteiger partial charge in [-0.25, -0.2) is 0 Å². The second-order valence-electron chi connectivity index (χ2n) is 14.9. The molecule has 3 heterocycles. The van der Waals surface area contributed by atoms with E-state index >= 15 is 0 Å². The first-order chi connectivity index (χ1) is 25.4. The van der Waals surface area contributed by atoms with E-state index in [0.29, 0.717) is 30.5 Å². The van der Waals surface area contributed by atoms with Crippen LogP contribution in [0.5, 0.6) is 0 Å². The molecule has 0 unspecified atom stereocenters. The van der Waals surface area contributed by atoms with Crippen LogP contribution in [0.2, 0.25) is 0 Å². The molecule has 0 amide bonds. The standard InChI is InChI=1S/C42H53N9O/c1-28(2)37-27-46-51-40(37)48-41(44-25-29-15-18-34(52-5)19-16-29)49-42(51)45-26-32-10-6-7-13-35(32)39-36-20-17-33(24-31(36)21-22-43-39)47-38(30-11-8-12-30)14-9-23-50(3)4/h6-7,9-10,13-14,17,20-22,24,27-29,34,47H,8,11-12,15-16,18-19,23,25-26H2,1-5H3,(H2,44,45,48,49)/b14-9+. The molecule has 10 heteroatoms. The van der Waals surface area contributed by atoms with Gasteiger partial charge >= 0.3 is 0 Å². The van der Waals surface area contributed by atoms with E-state index in [1.807, 2.05) is 24.0 Å². The molecule has 0 aliphatic heterocycles. The number of ether oxygens (including phenoxy) is 1. The number of benzene rings is 2. The van der Waals surface area contributed by atoms with Gasteiger partial charge in [0.2, 0.25) is 11.9 Å². The number of hydrogen-bond acceptors (Lipinski definition) is 9. The third-order valence-corrected chi connectivity index (χ3v) is 10.5. The zero-order chi connectivity index (χ0) is 36.0. The number of methoxy groups -OCH3 is 1. The van der Waals surface area contributed by atoms with Crippen molar-refractivity contribution in [3.05, 3.63) is 95.5 Å². The minimum absolute atomic E-state index is 0.285. The van der Waals surface area contributed by atoms with Gasteiger partial charge in [-0.1, -0.05) is 50.3 Å². The highest BCUT2D eigenvalue weighted by Crippen LogP contribution is 2.34. The van der Waals surface area contributed by atoms with Crippen molar-refractivity contribution in [2.75, 3.05) is 50.2 Å². The lowest BCUT2D eigenvalue weighted by molar-refractivity contribution is 0.0585. The lowest BCUT2D eigenvalue weighted by Crippen LogP contribution is -2.25. The zero-order valence-corrected chi connectivity index (χ0v) is 31.3. The Kier molecular flexibility index (Phi) is 11.1. The van der Waals surface area contributed by atoms with E-state index in [0.717, 1.165) is 96.1 Å². The molecule has 0 bridgehead atoms. The van der Waals surface area contributed by atoms with Crippen molar-refractivity contribution in [3.63, 3.8) is 0 Å². The highest BCUT2D eigenvalue weighted by molar-refractivity contribution is 5.97. The normalized spacial score (nSPS) is 17.7. The Morgan fingerprint density at radius 2 is 1.85 bits per heavy atom. The number of nitrogens with zero attached hydrogens (tertiary/aromatic N) is 6. The van der Waals surface area contributed by atoms with Crippen molar-refractivity contribution in [2.45, 2.75) is 77.4 Å². The van der Waals surface area contributed by atoms with Crippen LogP contribution in [-0.4, -0.2) is 69.9 Å². The van der Waals surface area contributed by atoms with E-state index in [1.54, 1.807) is 0 Å². The fourth-order valence-corrected chi connectivity index (χ4v) is 7.26. The second-order valence-corrected chi connectivity index (χ2v) is 14.9. The van der Waals surface area contributed by atoms with Gasteiger partial charge in [0.25, 0.3) is 0 Å². The third-order valence-electron chi connectivity index (χ3n) is 10.5. The van der Waals surface area contributed by atoms with Crippen molar-refractivity contribution in [2.24, 2.45) is 5.92 Å². The molecule has 5 aromatic rings. The molecule has 7 rings (SSSR count). The molecule has 0 spiro atoms. The molecule has 2 fully saturated rings. The summed E-state index contributed by atoms with van der Waals surface area (Å²) in [5.74, 6) is 2.15. The van der Waals surface area contributed by atoms with Crippen molar-refractivity contribution >= 4 is 34.0 Å². The Hall–Kier alpha value is -4.80. The molecule has 2 aromatic carbocycles. The van der Waals surface area contributed by atoms with Gasteiger partial charge < -0.3 is 25.6 Å². The van der Waals surface area contributed by atoms with Gasteiger partial charge in [-0.3, -0.25) is 4.98 Å². The van der Waals surface area contributed by atoms with E-state index < -0.39 is 0 Å². The first-order valence-corrected chi connectivity index (χ1v) is 18.9. The van der Waals surface area contributed by atoms with Crippen LogP contribution >= 0.6 is 0 Å². The van der Waals surface area contributed by atoms with Crippen molar-refractivity contribution in [1.82, 2.24) is 29.5 Å². The summed E-state index contributed by atoms with van der Waals surface area (Å²) in [7, 11) is 6.01. The van der Waals surface area contributed by atoms with Crippen LogP contribution in [-0.2, 0) is 11.3 Å². The van der Waals surface area contributed by atoms with Crippen LogP contribution < -0.4 is 16.0 Å². The maximum Gasteiger partial charge on any atom is 0.229 e. The van der Waals surface area contributed by atoms with Crippen LogP contribution in [0.15, 0.2) is 84.3 Å². The summed E-state index contributed by atoms with van der Waals surface area (Å²) in [5.41, 5.74) is 8.91. The SMILES string of the molecule is COC1CCC(CNc2nc(NCc3ccccc3-c3nccc4cc(NC(/C=C/CN(C)C)=C5CCC5)ccc34)n3ncc(C(C)C)c3n2)CC1. The van der Waals surface area contributed by atoms with Crippen LogP contribution in [0.1, 0.15) is 75.8 Å². The van der Waals surface area contributed by atoms with Gasteiger partial charge in [0.15, 0.2) is 5.65 Å². The molecule has 2 saturated carbocycles. The summed E-state index contributed by atoms with van der Waals surface area (Å²) < 4.78 is 7.42. The molecule has 2 aliphatic carbocycles. The summed E-state index contributed by atoms with van der Waals surface area (Å²) in [6.45, 7) is 6.66. The molecule has 52 heavy (non-hydrogen) atoms. The number of allylic oxidation sites excluding steroid dienone is 2. The zero-order valence-electron chi connectivity index (χ0n) is 31.3. The van der Waals surface area contributed by atoms with Crippen LogP contribution in [0.25, 0.3) is 27.7 Å². The number of aromatic nitrogens is 5. The highest BCUT2D eigenvalue weighted by atomic mass is 16.5. The van der Waals surface area contributed by atoms with Gasteiger partial charge in [-0.05, 0) is 112 Å². The Bertz CT molecular complexity index is 2050. The fraction of sp³-hybridized carbons (Fsp3) is 0.429. The number of pyridine rings is 1. The largest absolute Gasteiger partial charge is 0.381 e. The number of nitrogens with one attached hydrogen (secondary N) is 3. The van der Waals surface area contributed by atoms with Gasteiger partial charge in [-0.15, -0.1) is 0 Å². The van der Waals surface area contributed by atoms with Crippen molar-refractivity contribution in [1.29, 1.82) is 0 Å². The first-order valence-electron chi connectivity index (χ1n) is 18.9. The van der Waals surface area contributed by atoms with Gasteiger partial charge in [-0.2, -0.15) is 19.6 Å². The molecular weight excluding hydrogens is 647 g/mol. The molecule has 272 valence electrons. The molecule has 3 N–H and O–H groups in total. The molecule has 0 radical (unpaired) electrons. The Morgan fingerprint density at radius 3 is 2.60 bits per heavy atom. The van der Waals surface area contributed by atoms with E-state index in [-0.39, 0.29) is 5.92 Å². The van der Waals surface area contributed by atoms with Gasteiger partial charge in [0, 0.05) is 60.8 Å². The quantitative estimate of drug-likeness (QED) is 0.105. The lowest BCUT2D eigenvalue weighted by atomic mass is 9.87. The van der Waals surface area contributed by atoms with Gasteiger partial charge in [0.1, 0.15) is 0 Å². The Labute approximate surface area is 307 Å². The summed E-state index contributed by atoms with van der Waals surface area (Å²) in [5, 5.41) is 17.9. The maximum atomic E-state index is 5.59. The summed E-state index contributed by atoms with van der Waals surface area (Å²) >= 11 is 0. The minimum atomic E-state index is 0.285. The Balaban J connectivity index is 1.13. The number of rotatable bonds is 14. The molecule has 0 atom stereocenters. The number of anilines is 3. The average molecular weight is 700 g/mol. The van der Waals surface area contributed by atoms with Crippen LogP contribution in [0, 0.1) is 5.92 Å². The number of likely N-dealkylation sites (N-methyl/N-ethyl adjacent to an activating group) is 1. The number of hydrogen-bond donors (Lipinski definition) is 3. The van der Waals surface area contributed by atoms with Crippen molar-refractivity contribution in [3.8, 4) is 11.3 Å². The molecule has 3 aromatic heterocycles. The van der Waals surface area contributed by atoms with Crippen LogP contribution in [0.3, 0.4) is 0 Å².